The lowest BCUT2D eigenvalue weighted by atomic mass is 10.2. The number of aromatic nitrogens is 1. The minimum atomic E-state index is -0.772. The van der Waals surface area contributed by atoms with Crippen LogP contribution >= 0.6 is 0 Å². The van der Waals surface area contributed by atoms with Crippen molar-refractivity contribution in [2.45, 2.75) is 0 Å². The van der Waals surface area contributed by atoms with Gasteiger partial charge in [-0.05, 0) is 36.4 Å². The molecule has 1 aromatic heterocycles. The number of ether oxygens (including phenoxy) is 2. The second-order valence-electron chi connectivity index (χ2n) is 4.38. The SMILES string of the molecule is COc1ccc2nc(Oc3ccc(F)cc3F)ccc2c1. The summed E-state index contributed by atoms with van der Waals surface area (Å²) in [7, 11) is 1.59. The van der Waals surface area contributed by atoms with Crippen LogP contribution in [0.5, 0.6) is 17.4 Å². The van der Waals surface area contributed by atoms with Crippen molar-refractivity contribution in [1.82, 2.24) is 4.98 Å². The third-order valence-corrected chi connectivity index (χ3v) is 2.98. The molecule has 0 N–H and O–H groups in total. The summed E-state index contributed by atoms with van der Waals surface area (Å²) in [5, 5.41) is 0.876. The molecule has 0 atom stereocenters. The van der Waals surface area contributed by atoms with E-state index in [1.165, 1.54) is 6.07 Å². The Morgan fingerprint density at radius 2 is 1.81 bits per heavy atom. The van der Waals surface area contributed by atoms with Crippen molar-refractivity contribution in [3.8, 4) is 17.4 Å². The van der Waals surface area contributed by atoms with Crippen LogP contribution in [0.3, 0.4) is 0 Å². The number of pyridine rings is 1. The number of fused-ring (bicyclic) bond motifs is 1. The molecule has 3 nitrogen and oxygen atoms in total. The maximum Gasteiger partial charge on any atom is 0.219 e. The van der Waals surface area contributed by atoms with Crippen molar-refractivity contribution in [3.05, 3.63) is 60.2 Å². The fourth-order valence-corrected chi connectivity index (χ4v) is 1.94. The Bertz CT molecular complexity index is 805. The molecule has 0 aliphatic rings. The van der Waals surface area contributed by atoms with E-state index in [1.54, 1.807) is 31.4 Å². The third kappa shape index (κ3) is 2.76. The molecule has 3 rings (SSSR count). The molecule has 0 fully saturated rings. The van der Waals surface area contributed by atoms with Gasteiger partial charge in [0.1, 0.15) is 11.6 Å². The van der Waals surface area contributed by atoms with Crippen molar-refractivity contribution in [3.63, 3.8) is 0 Å². The first kappa shape index (κ1) is 13.3. The van der Waals surface area contributed by atoms with E-state index in [4.69, 9.17) is 9.47 Å². The van der Waals surface area contributed by atoms with Gasteiger partial charge < -0.3 is 9.47 Å². The van der Waals surface area contributed by atoms with E-state index < -0.39 is 11.6 Å². The number of hydrogen-bond donors (Lipinski definition) is 0. The maximum atomic E-state index is 13.5. The van der Waals surface area contributed by atoms with E-state index in [0.717, 1.165) is 23.3 Å². The van der Waals surface area contributed by atoms with Gasteiger partial charge in [0.05, 0.1) is 12.6 Å². The summed E-state index contributed by atoms with van der Waals surface area (Å²) in [6, 6.07) is 11.9. The molecule has 3 aromatic rings. The molecule has 0 saturated heterocycles. The first-order valence-corrected chi connectivity index (χ1v) is 6.23. The Labute approximate surface area is 119 Å². The first-order valence-electron chi connectivity index (χ1n) is 6.23. The summed E-state index contributed by atoms with van der Waals surface area (Å²) < 4.78 is 36.9. The van der Waals surface area contributed by atoms with Gasteiger partial charge in [-0.3, -0.25) is 0 Å². The molecule has 2 aromatic carbocycles. The predicted octanol–water partition coefficient (Wildman–Crippen LogP) is 4.31. The van der Waals surface area contributed by atoms with Crippen LogP contribution in [0.15, 0.2) is 48.5 Å². The van der Waals surface area contributed by atoms with Gasteiger partial charge >= 0.3 is 0 Å². The molecular weight excluding hydrogens is 276 g/mol. The van der Waals surface area contributed by atoms with E-state index in [-0.39, 0.29) is 11.6 Å². The van der Waals surface area contributed by atoms with Crippen molar-refractivity contribution < 1.29 is 18.3 Å². The normalized spacial score (nSPS) is 10.6. The first-order chi connectivity index (χ1) is 10.2. The molecule has 106 valence electrons. The van der Waals surface area contributed by atoms with Crippen LogP contribution in [0.1, 0.15) is 0 Å². The highest BCUT2D eigenvalue weighted by Crippen LogP contribution is 2.26. The van der Waals surface area contributed by atoms with Crippen LogP contribution in [0.2, 0.25) is 0 Å². The fraction of sp³-hybridized carbons (Fsp3) is 0.0625. The monoisotopic (exact) mass is 287 g/mol. The van der Waals surface area contributed by atoms with Crippen molar-refractivity contribution in [1.29, 1.82) is 0 Å². The number of benzene rings is 2. The van der Waals surface area contributed by atoms with E-state index in [2.05, 4.69) is 4.98 Å². The largest absolute Gasteiger partial charge is 0.497 e. The Morgan fingerprint density at radius 1 is 0.952 bits per heavy atom. The highest BCUT2D eigenvalue weighted by atomic mass is 19.1. The maximum absolute atomic E-state index is 13.5. The van der Waals surface area contributed by atoms with E-state index in [1.807, 2.05) is 6.07 Å². The molecule has 0 unspecified atom stereocenters. The number of nitrogens with zero attached hydrogens (tertiary/aromatic N) is 1. The second kappa shape index (κ2) is 5.36. The Hall–Kier alpha value is -2.69. The Morgan fingerprint density at radius 3 is 2.57 bits per heavy atom. The van der Waals surface area contributed by atoms with Gasteiger partial charge in [-0.25, -0.2) is 13.8 Å². The second-order valence-corrected chi connectivity index (χ2v) is 4.38. The molecule has 1 heterocycles. The highest BCUT2D eigenvalue weighted by molar-refractivity contribution is 5.80. The summed E-state index contributed by atoms with van der Waals surface area (Å²) in [6.45, 7) is 0. The zero-order chi connectivity index (χ0) is 14.8. The zero-order valence-electron chi connectivity index (χ0n) is 11.1. The van der Waals surface area contributed by atoms with Crippen LogP contribution in [0.4, 0.5) is 8.78 Å². The predicted molar refractivity (Wildman–Crippen MR) is 74.7 cm³/mol. The van der Waals surface area contributed by atoms with Crippen molar-refractivity contribution in [2.24, 2.45) is 0 Å². The average molecular weight is 287 g/mol. The molecule has 21 heavy (non-hydrogen) atoms. The topological polar surface area (TPSA) is 31.4 Å². The lowest BCUT2D eigenvalue weighted by molar-refractivity contribution is 0.415. The highest BCUT2D eigenvalue weighted by Gasteiger charge is 2.08. The fourth-order valence-electron chi connectivity index (χ4n) is 1.94. The minimum absolute atomic E-state index is 0.0724. The van der Waals surface area contributed by atoms with E-state index in [9.17, 15) is 8.78 Å². The summed E-state index contributed by atoms with van der Waals surface area (Å²) in [5.74, 6) is -0.539. The van der Waals surface area contributed by atoms with Crippen LogP contribution < -0.4 is 9.47 Å². The number of methoxy groups -OCH3 is 1. The van der Waals surface area contributed by atoms with Gasteiger partial charge in [-0.1, -0.05) is 0 Å². The molecular formula is C16H11F2NO2. The Kier molecular flexibility index (Phi) is 3.39. The number of hydrogen-bond acceptors (Lipinski definition) is 3. The van der Waals surface area contributed by atoms with Crippen LogP contribution in [0.25, 0.3) is 10.9 Å². The van der Waals surface area contributed by atoms with Gasteiger partial charge in [-0.15, -0.1) is 0 Å². The molecule has 0 bridgehead atoms. The van der Waals surface area contributed by atoms with E-state index >= 15 is 0 Å². The quantitative estimate of drug-likeness (QED) is 0.719. The summed E-state index contributed by atoms with van der Waals surface area (Å²) in [4.78, 5) is 4.27. The van der Waals surface area contributed by atoms with Gasteiger partial charge in [0.15, 0.2) is 11.6 Å². The summed E-state index contributed by atoms with van der Waals surface area (Å²) in [5.41, 5.74) is 0.691. The van der Waals surface area contributed by atoms with Crippen LogP contribution in [-0.4, -0.2) is 12.1 Å². The lowest BCUT2D eigenvalue weighted by Gasteiger charge is -2.07. The molecule has 0 spiro atoms. The van der Waals surface area contributed by atoms with Crippen molar-refractivity contribution in [2.75, 3.05) is 7.11 Å². The smallest absolute Gasteiger partial charge is 0.219 e. The average Bonchev–Trinajstić information content (AvgIpc) is 2.49. The van der Waals surface area contributed by atoms with Gasteiger partial charge in [0.25, 0.3) is 0 Å². The van der Waals surface area contributed by atoms with Gasteiger partial charge in [-0.2, -0.15) is 0 Å². The number of halogens is 2. The van der Waals surface area contributed by atoms with Crippen LogP contribution in [0, 0.1) is 11.6 Å². The minimum Gasteiger partial charge on any atom is -0.497 e. The standard InChI is InChI=1S/C16H11F2NO2/c1-20-12-4-5-14-10(8-12)2-7-16(19-14)21-15-6-3-11(17)9-13(15)18/h2-9H,1H3. The lowest BCUT2D eigenvalue weighted by Crippen LogP contribution is -1.92. The van der Waals surface area contributed by atoms with Gasteiger partial charge in [0, 0.05) is 17.5 Å². The summed E-state index contributed by atoms with van der Waals surface area (Å²) in [6.07, 6.45) is 0. The molecule has 0 saturated carbocycles. The Balaban J connectivity index is 1.94. The van der Waals surface area contributed by atoms with Crippen LogP contribution in [-0.2, 0) is 0 Å². The molecule has 0 aliphatic heterocycles. The summed E-state index contributed by atoms with van der Waals surface area (Å²) >= 11 is 0. The molecule has 5 heteroatoms. The third-order valence-electron chi connectivity index (χ3n) is 2.98. The molecule has 0 amide bonds. The molecule has 0 aliphatic carbocycles. The van der Waals surface area contributed by atoms with Crippen molar-refractivity contribution >= 4 is 10.9 Å². The van der Waals surface area contributed by atoms with E-state index in [0.29, 0.717) is 5.52 Å². The number of rotatable bonds is 3. The molecule has 0 radical (unpaired) electrons. The zero-order valence-corrected chi connectivity index (χ0v) is 11.1. The van der Waals surface area contributed by atoms with Gasteiger partial charge in [0.2, 0.25) is 5.88 Å².